The average Bonchev–Trinajstić information content (AvgIpc) is 2.94. The summed E-state index contributed by atoms with van der Waals surface area (Å²) < 4.78 is 5.43. The molecule has 0 atom stereocenters. The number of hydrogen-bond acceptors (Lipinski definition) is 4. The van der Waals surface area contributed by atoms with Crippen molar-refractivity contribution in [3.8, 4) is 0 Å². The fourth-order valence-corrected chi connectivity index (χ4v) is 2.93. The molecule has 0 unspecified atom stereocenters. The zero-order valence-corrected chi connectivity index (χ0v) is 13.9. The van der Waals surface area contributed by atoms with Gasteiger partial charge >= 0.3 is 6.09 Å². The molecule has 22 heavy (non-hydrogen) atoms. The number of halogens is 1. The molecular weight excluding hydrogens is 302 g/mol. The Morgan fingerprint density at radius 3 is 2.36 bits per heavy atom. The second-order valence-electron chi connectivity index (χ2n) is 6.72. The molecule has 0 saturated heterocycles. The second kappa shape index (κ2) is 5.47. The third-order valence-corrected chi connectivity index (χ3v) is 3.91. The quantitative estimate of drug-likeness (QED) is 0.589. The van der Waals surface area contributed by atoms with E-state index in [-0.39, 0.29) is 6.09 Å². The lowest BCUT2D eigenvalue weighted by atomic mass is 10.2. The van der Waals surface area contributed by atoms with Gasteiger partial charge in [0.15, 0.2) is 0 Å². The van der Waals surface area contributed by atoms with E-state index in [1.165, 1.54) is 11.1 Å². The maximum atomic E-state index is 12.1. The normalized spacial score (nSPS) is 18.0. The van der Waals surface area contributed by atoms with Crippen LogP contribution in [0.3, 0.4) is 0 Å². The summed E-state index contributed by atoms with van der Waals surface area (Å²) >= 11 is 5.95. The van der Waals surface area contributed by atoms with E-state index in [1.54, 1.807) is 11.0 Å². The molecule has 0 aliphatic carbocycles. The molecule has 0 saturated carbocycles. The minimum absolute atomic E-state index is 0.241. The summed E-state index contributed by atoms with van der Waals surface area (Å²) in [4.78, 5) is 20.4. The SMILES string of the molecule is CC(C)(C)OC(=O)N1CC2=C(C1)CN(c1cccc(Cl)n1)C2. The Balaban J connectivity index is 1.61. The van der Waals surface area contributed by atoms with Crippen LogP contribution in [0.2, 0.25) is 5.15 Å². The Hall–Kier alpha value is -1.75. The Bertz CT molecular complexity index is 619. The van der Waals surface area contributed by atoms with Crippen LogP contribution in [0.4, 0.5) is 10.6 Å². The number of hydrogen-bond donors (Lipinski definition) is 0. The van der Waals surface area contributed by atoms with Gasteiger partial charge in [-0.15, -0.1) is 0 Å². The van der Waals surface area contributed by atoms with Crippen molar-refractivity contribution in [1.82, 2.24) is 9.88 Å². The molecule has 1 aromatic rings. The van der Waals surface area contributed by atoms with Gasteiger partial charge in [-0.05, 0) is 44.1 Å². The van der Waals surface area contributed by atoms with Crippen LogP contribution in [0.25, 0.3) is 0 Å². The van der Waals surface area contributed by atoms with Gasteiger partial charge < -0.3 is 14.5 Å². The van der Waals surface area contributed by atoms with Crippen LogP contribution in [-0.2, 0) is 4.74 Å². The van der Waals surface area contributed by atoms with Gasteiger partial charge in [-0.25, -0.2) is 9.78 Å². The van der Waals surface area contributed by atoms with Crippen molar-refractivity contribution in [2.24, 2.45) is 0 Å². The molecule has 1 amide bonds. The summed E-state index contributed by atoms with van der Waals surface area (Å²) in [5.41, 5.74) is 2.11. The van der Waals surface area contributed by atoms with E-state index in [0.29, 0.717) is 18.2 Å². The third-order valence-electron chi connectivity index (χ3n) is 3.70. The second-order valence-corrected chi connectivity index (χ2v) is 7.11. The van der Waals surface area contributed by atoms with Crippen molar-refractivity contribution in [2.45, 2.75) is 26.4 Å². The minimum Gasteiger partial charge on any atom is -0.444 e. The number of carbonyl (C=O) groups excluding carboxylic acids is 1. The monoisotopic (exact) mass is 321 g/mol. The topological polar surface area (TPSA) is 45.7 Å². The number of amides is 1. The Kier molecular flexibility index (Phi) is 3.77. The van der Waals surface area contributed by atoms with E-state index >= 15 is 0 Å². The maximum Gasteiger partial charge on any atom is 0.410 e. The van der Waals surface area contributed by atoms with Gasteiger partial charge in [-0.1, -0.05) is 17.7 Å². The minimum atomic E-state index is -0.457. The van der Waals surface area contributed by atoms with E-state index < -0.39 is 5.60 Å². The first-order valence-electron chi connectivity index (χ1n) is 7.37. The van der Waals surface area contributed by atoms with Crippen LogP contribution in [0.1, 0.15) is 20.8 Å². The molecule has 118 valence electrons. The van der Waals surface area contributed by atoms with Crippen LogP contribution >= 0.6 is 11.6 Å². The third kappa shape index (κ3) is 3.19. The molecule has 2 aliphatic heterocycles. The highest BCUT2D eigenvalue weighted by Crippen LogP contribution is 2.29. The van der Waals surface area contributed by atoms with E-state index in [4.69, 9.17) is 16.3 Å². The van der Waals surface area contributed by atoms with Crippen molar-refractivity contribution in [1.29, 1.82) is 0 Å². The Morgan fingerprint density at radius 1 is 1.18 bits per heavy atom. The molecule has 0 fully saturated rings. The maximum absolute atomic E-state index is 12.1. The van der Waals surface area contributed by atoms with Gasteiger partial charge in [0.2, 0.25) is 0 Å². The average molecular weight is 322 g/mol. The lowest BCUT2D eigenvalue weighted by molar-refractivity contribution is 0.0297. The molecule has 3 heterocycles. The van der Waals surface area contributed by atoms with Crippen LogP contribution in [0.15, 0.2) is 29.3 Å². The fraction of sp³-hybridized carbons (Fsp3) is 0.500. The molecule has 3 rings (SSSR count). The van der Waals surface area contributed by atoms with Gasteiger partial charge in [-0.3, -0.25) is 0 Å². The predicted octanol–water partition coefficient (Wildman–Crippen LogP) is 3.10. The lowest BCUT2D eigenvalue weighted by Crippen LogP contribution is -2.38. The molecule has 0 aromatic carbocycles. The summed E-state index contributed by atoms with van der Waals surface area (Å²) in [6.45, 7) is 8.52. The molecule has 0 bridgehead atoms. The number of rotatable bonds is 1. The Labute approximate surface area is 135 Å². The molecule has 1 aromatic heterocycles. The first-order valence-corrected chi connectivity index (χ1v) is 7.75. The van der Waals surface area contributed by atoms with Gasteiger partial charge in [0.1, 0.15) is 16.6 Å². The highest BCUT2D eigenvalue weighted by molar-refractivity contribution is 6.29. The number of pyridine rings is 1. The van der Waals surface area contributed by atoms with Gasteiger partial charge in [-0.2, -0.15) is 0 Å². The summed E-state index contributed by atoms with van der Waals surface area (Å²) in [5.74, 6) is 0.880. The summed E-state index contributed by atoms with van der Waals surface area (Å²) in [5, 5.41) is 0.500. The van der Waals surface area contributed by atoms with Crippen molar-refractivity contribution in [2.75, 3.05) is 31.1 Å². The molecule has 0 radical (unpaired) electrons. The van der Waals surface area contributed by atoms with Gasteiger partial charge in [0, 0.05) is 26.2 Å². The molecule has 6 heteroatoms. The van der Waals surface area contributed by atoms with E-state index in [9.17, 15) is 4.79 Å². The van der Waals surface area contributed by atoms with E-state index in [0.717, 1.165) is 18.9 Å². The van der Waals surface area contributed by atoms with Crippen LogP contribution < -0.4 is 4.90 Å². The predicted molar refractivity (Wildman–Crippen MR) is 86.3 cm³/mol. The number of ether oxygens (including phenoxy) is 1. The lowest BCUT2D eigenvalue weighted by Gasteiger charge is -2.27. The Morgan fingerprint density at radius 2 is 1.82 bits per heavy atom. The smallest absolute Gasteiger partial charge is 0.410 e. The first kappa shape index (κ1) is 15.2. The largest absolute Gasteiger partial charge is 0.444 e. The zero-order valence-electron chi connectivity index (χ0n) is 13.1. The highest BCUT2D eigenvalue weighted by Gasteiger charge is 2.34. The molecule has 2 aliphatic rings. The standard InChI is InChI=1S/C16H20ClN3O2/c1-16(2,3)22-15(21)20-9-11-7-19(8-12(11)10-20)14-6-4-5-13(17)18-14/h4-6H,7-10H2,1-3H3. The zero-order chi connectivity index (χ0) is 15.9. The number of aromatic nitrogens is 1. The van der Waals surface area contributed by atoms with Crippen LogP contribution in [-0.4, -0.2) is 47.8 Å². The fourth-order valence-electron chi connectivity index (χ4n) is 2.77. The van der Waals surface area contributed by atoms with Crippen LogP contribution in [0.5, 0.6) is 0 Å². The molecule has 5 nitrogen and oxygen atoms in total. The molecular formula is C16H20ClN3O2. The first-order chi connectivity index (χ1) is 10.3. The summed E-state index contributed by atoms with van der Waals surface area (Å²) in [6.07, 6.45) is -0.241. The van der Waals surface area contributed by atoms with E-state index in [1.807, 2.05) is 32.9 Å². The van der Waals surface area contributed by atoms with Crippen molar-refractivity contribution < 1.29 is 9.53 Å². The summed E-state index contributed by atoms with van der Waals surface area (Å²) in [6, 6.07) is 5.63. The van der Waals surface area contributed by atoms with Gasteiger partial charge in [0.05, 0.1) is 0 Å². The van der Waals surface area contributed by atoms with Crippen LogP contribution in [0, 0.1) is 0 Å². The molecule has 0 N–H and O–H groups in total. The van der Waals surface area contributed by atoms with Gasteiger partial charge in [0.25, 0.3) is 0 Å². The van der Waals surface area contributed by atoms with Crippen molar-refractivity contribution in [3.05, 3.63) is 34.5 Å². The number of anilines is 1. The van der Waals surface area contributed by atoms with Crippen molar-refractivity contribution in [3.63, 3.8) is 0 Å². The number of carbonyl (C=O) groups is 1. The molecule has 0 spiro atoms. The highest BCUT2D eigenvalue weighted by atomic mass is 35.5. The van der Waals surface area contributed by atoms with E-state index in [2.05, 4.69) is 9.88 Å². The van der Waals surface area contributed by atoms with Crippen molar-refractivity contribution >= 4 is 23.5 Å². The summed E-state index contributed by atoms with van der Waals surface area (Å²) in [7, 11) is 0. The number of nitrogens with zero attached hydrogens (tertiary/aromatic N) is 3.